The maximum atomic E-state index is 3.48. The number of fused-ring (bicyclic) bond motifs is 1. The second-order valence-electron chi connectivity index (χ2n) is 4.39. The summed E-state index contributed by atoms with van der Waals surface area (Å²) in [6.07, 6.45) is 2.18. The molecule has 0 aliphatic heterocycles. The van der Waals surface area contributed by atoms with Gasteiger partial charge in [-0.3, -0.25) is 0 Å². The maximum Gasteiger partial charge on any atom is 0.0390 e. The Morgan fingerprint density at radius 2 is 2.18 bits per heavy atom. The topological polar surface area (TPSA) is 12.0 Å². The van der Waals surface area contributed by atoms with E-state index in [9.17, 15) is 0 Å². The number of hydrogen-bond acceptors (Lipinski definition) is 3. The van der Waals surface area contributed by atoms with Crippen LogP contribution in [0.5, 0.6) is 0 Å². The molecular formula is C14H19NS2. The Kier molecular flexibility index (Phi) is 4.48. The van der Waals surface area contributed by atoms with Crippen molar-refractivity contribution < 1.29 is 0 Å². The fourth-order valence-corrected chi connectivity index (χ4v) is 4.04. The molecule has 0 saturated carbocycles. The smallest absolute Gasteiger partial charge is 0.0390 e. The van der Waals surface area contributed by atoms with Crippen LogP contribution in [0.3, 0.4) is 0 Å². The van der Waals surface area contributed by atoms with Crippen molar-refractivity contribution in [2.75, 3.05) is 19.1 Å². The van der Waals surface area contributed by atoms with Gasteiger partial charge in [0, 0.05) is 10.7 Å². The third-order valence-electron chi connectivity index (χ3n) is 3.15. The number of rotatable bonds is 5. The Balaban J connectivity index is 2.39. The lowest BCUT2D eigenvalue weighted by atomic mass is 9.95. The molecule has 2 rings (SSSR count). The van der Waals surface area contributed by atoms with Crippen molar-refractivity contribution >= 4 is 33.2 Å². The number of thiophene rings is 1. The van der Waals surface area contributed by atoms with Crippen LogP contribution in [0.4, 0.5) is 0 Å². The van der Waals surface area contributed by atoms with Gasteiger partial charge in [-0.1, -0.05) is 25.1 Å². The van der Waals surface area contributed by atoms with E-state index >= 15 is 0 Å². The zero-order valence-corrected chi connectivity index (χ0v) is 12.2. The molecule has 1 nitrogen and oxygen atoms in total. The minimum atomic E-state index is 0.449. The Morgan fingerprint density at radius 1 is 1.35 bits per heavy atom. The van der Waals surface area contributed by atoms with Crippen LogP contribution < -0.4 is 5.32 Å². The van der Waals surface area contributed by atoms with Gasteiger partial charge in [0.1, 0.15) is 0 Å². The number of nitrogens with one attached hydrogen (secondary N) is 1. The Hall–Kier alpha value is -0.510. The Morgan fingerprint density at radius 3 is 2.88 bits per heavy atom. The van der Waals surface area contributed by atoms with E-state index in [2.05, 4.69) is 55.2 Å². The molecule has 1 aromatic heterocycles. The molecule has 2 aromatic rings. The molecule has 0 spiro atoms. The van der Waals surface area contributed by atoms with Crippen molar-refractivity contribution in [2.45, 2.75) is 13.0 Å². The highest BCUT2D eigenvalue weighted by molar-refractivity contribution is 7.98. The third-order valence-corrected chi connectivity index (χ3v) is 4.99. The largest absolute Gasteiger partial charge is 0.313 e. The summed E-state index contributed by atoms with van der Waals surface area (Å²) in [6, 6.07) is 9.28. The molecule has 0 fully saturated rings. The second-order valence-corrected chi connectivity index (χ2v) is 6.21. The van der Waals surface area contributed by atoms with Gasteiger partial charge in [0.2, 0.25) is 0 Å². The predicted octanol–water partition coefficient (Wildman–Crippen LogP) is 4.16. The fourth-order valence-electron chi connectivity index (χ4n) is 2.37. The average molecular weight is 265 g/mol. The first-order valence-corrected chi connectivity index (χ1v) is 8.17. The zero-order chi connectivity index (χ0) is 12.3. The lowest BCUT2D eigenvalue weighted by Crippen LogP contribution is -2.24. The van der Waals surface area contributed by atoms with E-state index in [0.717, 1.165) is 0 Å². The average Bonchev–Trinajstić information content (AvgIpc) is 2.79. The highest BCUT2D eigenvalue weighted by Crippen LogP contribution is 2.33. The molecule has 1 aromatic carbocycles. The first kappa shape index (κ1) is 12.9. The molecule has 0 aliphatic rings. The van der Waals surface area contributed by atoms with Crippen LogP contribution in [0.2, 0.25) is 0 Å². The summed E-state index contributed by atoms with van der Waals surface area (Å²) >= 11 is 3.77. The van der Waals surface area contributed by atoms with Gasteiger partial charge in [0.25, 0.3) is 0 Å². The maximum absolute atomic E-state index is 3.48. The van der Waals surface area contributed by atoms with Gasteiger partial charge in [0.15, 0.2) is 0 Å². The Labute approximate surface area is 112 Å². The summed E-state index contributed by atoms with van der Waals surface area (Å²) in [7, 11) is 2.06. The molecule has 1 heterocycles. The highest BCUT2D eigenvalue weighted by Gasteiger charge is 2.19. The number of thioether (sulfide) groups is 1. The monoisotopic (exact) mass is 265 g/mol. The molecule has 92 valence electrons. The van der Waals surface area contributed by atoms with Crippen LogP contribution in [-0.2, 0) is 0 Å². The quantitative estimate of drug-likeness (QED) is 0.871. The standard InChI is InChI=1S/C14H19NS2/c1-10(9-16-3)13(15-2)12-6-4-5-11-7-8-17-14(11)12/h4-8,10,13,15H,9H2,1-3H3. The molecule has 0 aliphatic carbocycles. The molecule has 0 amide bonds. The third kappa shape index (κ3) is 2.67. The van der Waals surface area contributed by atoms with E-state index in [1.165, 1.54) is 21.4 Å². The number of hydrogen-bond donors (Lipinski definition) is 1. The van der Waals surface area contributed by atoms with Crippen molar-refractivity contribution in [3.8, 4) is 0 Å². The van der Waals surface area contributed by atoms with Crippen LogP contribution >= 0.6 is 23.1 Å². The molecule has 17 heavy (non-hydrogen) atoms. The molecule has 2 atom stereocenters. The normalized spacial score (nSPS) is 15.0. The van der Waals surface area contributed by atoms with E-state index in [0.29, 0.717) is 12.0 Å². The fraction of sp³-hybridized carbons (Fsp3) is 0.429. The summed E-state index contributed by atoms with van der Waals surface area (Å²) in [5.74, 6) is 1.83. The second kappa shape index (κ2) is 5.89. The predicted molar refractivity (Wildman–Crippen MR) is 81.2 cm³/mol. The van der Waals surface area contributed by atoms with E-state index in [4.69, 9.17) is 0 Å². The van der Waals surface area contributed by atoms with E-state index in [1.54, 1.807) is 0 Å². The van der Waals surface area contributed by atoms with E-state index in [-0.39, 0.29) is 0 Å². The van der Waals surface area contributed by atoms with Gasteiger partial charge < -0.3 is 5.32 Å². The van der Waals surface area contributed by atoms with Gasteiger partial charge in [-0.2, -0.15) is 11.8 Å². The SMILES string of the molecule is CNC(c1cccc2ccsc12)C(C)CSC. The molecule has 0 bridgehead atoms. The molecule has 2 unspecified atom stereocenters. The lowest BCUT2D eigenvalue weighted by Gasteiger charge is -2.24. The van der Waals surface area contributed by atoms with Crippen LogP contribution in [0.1, 0.15) is 18.5 Å². The molecular weight excluding hydrogens is 246 g/mol. The Bertz CT molecular complexity index is 478. The highest BCUT2D eigenvalue weighted by atomic mass is 32.2. The van der Waals surface area contributed by atoms with Crippen LogP contribution in [-0.4, -0.2) is 19.1 Å². The molecule has 0 saturated heterocycles. The molecule has 3 heteroatoms. The zero-order valence-electron chi connectivity index (χ0n) is 10.6. The van der Waals surface area contributed by atoms with Crippen molar-refractivity contribution in [1.82, 2.24) is 5.32 Å². The minimum absolute atomic E-state index is 0.449. The van der Waals surface area contributed by atoms with E-state index in [1.807, 2.05) is 23.1 Å². The van der Waals surface area contributed by atoms with Crippen LogP contribution in [0.25, 0.3) is 10.1 Å². The first-order chi connectivity index (χ1) is 8.27. The van der Waals surface area contributed by atoms with Gasteiger partial charge in [-0.25, -0.2) is 0 Å². The summed E-state index contributed by atoms with van der Waals surface area (Å²) in [6.45, 7) is 2.32. The summed E-state index contributed by atoms with van der Waals surface area (Å²) < 4.78 is 1.43. The minimum Gasteiger partial charge on any atom is -0.313 e. The number of benzene rings is 1. The van der Waals surface area contributed by atoms with Crippen molar-refractivity contribution in [3.63, 3.8) is 0 Å². The summed E-state index contributed by atoms with van der Waals surface area (Å²) in [5.41, 5.74) is 1.45. The van der Waals surface area contributed by atoms with Crippen LogP contribution in [0.15, 0.2) is 29.6 Å². The van der Waals surface area contributed by atoms with Gasteiger partial charge in [-0.15, -0.1) is 11.3 Å². The molecule has 1 N–H and O–H groups in total. The van der Waals surface area contributed by atoms with Crippen molar-refractivity contribution in [2.24, 2.45) is 5.92 Å². The lowest BCUT2D eigenvalue weighted by molar-refractivity contribution is 0.453. The van der Waals surface area contributed by atoms with Gasteiger partial charge in [-0.05, 0) is 47.4 Å². The van der Waals surface area contributed by atoms with Crippen LogP contribution in [0, 0.1) is 5.92 Å². The van der Waals surface area contributed by atoms with Gasteiger partial charge >= 0.3 is 0 Å². The molecule has 0 radical (unpaired) electrons. The van der Waals surface area contributed by atoms with Crippen molar-refractivity contribution in [1.29, 1.82) is 0 Å². The van der Waals surface area contributed by atoms with Gasteiger partial charge in [0.05, 0.1) is 0 Å². The summed E-state index contributed by atoms with van der Waals surface area (Å²) in [5, 5.41) is 7.02. The van der Waals surface area contributed by atoms with E-state index < -0.39 is 0 Å². The summed E-state index contributed by atoms with van der Waals surface area (Å²) in [4.78, 5) is 0. The first-order valence-electron chi connectivity index (χ1n) is 5.90. The van der Waals surface area contributed by atoms with Crippen molar-refractivity contribution in [3.05, 3.63) is 35.2 Å².